The lowest BCUT2D eigenvalue weighted by molar-refractivity contribution is -0.116. The Labute approximate surface area is 169 Å². The number of para-hydroxylation sites is 1. The van der Waals surface area contributed by atoms with Gasteiger partial charge < -0.3 is 20.1 Å². The molecule has 0 fully saturated rings. The lowest BCUT2D eigenvalue weighted by atomic mass is 9.85. The lowest BCUT2D eigenvalue weighted by Gasteiger charge is -2.34. The van der Waals surface area contributed by atoms with Gasteiger partial charge in [0.15, 0.2) is 22.4 Å². The van der Waals surface area contributed by atoms with Crippen LogP contribution < -0.4 is 20.1 Å². The second-order valence-corrected chi connectivity index (χ2v) is 7.26. The molecule has 1 heterocycles. The second kappa shape index (κ2) is 8.02. The van der Waals surface area contributed by atoms with Crippen LogP contribution in [0.4, 0.5) is 0 Å². The third-order valence-corrected chi connectivity index (χ3v) is 5.27. The van der Waals surface area contributed by atoms with Crippen molar-refractivity contribution in [3.8, 4) is 11.5 Å². The van der Waals surface area contributed by atoms with E-state index in [1.807, 2.05) is 48.5 Å². The highest BCUT2D eigenvalue weighted by molar-refractivity contribution is 7.80. The zero-order chi connectivity index (χ0) is 19.5. The van der Waals surface area contributed by atoms with Crippen molar-refractivity contribution >= 4 is 23.1 Å². The maximum Gasteiger partial charge on any atom is 0.171 e. The molecule has 2 N–H and O–H groups in total. The van der Waals surface area contributed by atoms with Crippen molar-refractivity contribution in [3.05, 3.63) is 70.9 Å². The highest BCUT2D eigenvalue weighted by Gasteiger charge is 2.35. The quantitative estimate of drug-likeness (QED) is 0.753. The highest BCUT2D eigenvalue weighted by Crippen LogP contribution is 2.41. The number of Topliss-reactive ketones (excluding diaryl/α,β-unsaturated/α-hetero) is 1. The Balaban J connectivity index is 1.74. The normalized spacial score (nSPS) is 18.8. The van der Waals surface area contributed by atoms with Gasteiger partial charge in [0, 0.05) is 23.3 Å². The van der Waals surface area contributed by atoms with Crippen molar-refractivity contribution in [2.45, 2.75) is 31.9 Å². The highest BCUT2D eigenvalue weighted by atomic mass is 32.1. The van der Waals surface area contributed by atoms with Crippen LogP contribution in [0.3, 0.4) is 0 Å². The Hall–Kier alpha value is -2.86. The maximum atomic E-state index is 12.7. The number of methoxy groups -OCH3 is 1. The van der Waals surface area contributed by atoms with Crippen LogP contribution in [0.1, 0.15) is 36.4 Å². The number of hydrogen-bond acceptors (Lipinski definition) is 4. The summed E-state index contributed by atoms with van der Waals surface area (Å²) >= 11 is 5.40. The van der Waals surface area contributed by atoms with Gasteiger partial charge in [-0.25, -0.2) is 0 Å². The molecule has 0 spiro atoms. The van der Waals surface area contributed by atoms with Crippen LogP contribution in [-0.4, -0.2) is 18.0 Å². The monoisotopic (exact) mass is 394 g/mol. The van der Waals surface area contributed by atoms with E-state index in [2.05, 4.69) is 10.6 Å². The summed E-state index contributed by atoms with van der Waals surface area (Å²) in [6.45, 7) is 0.406. The van der Waals surface area contributed by atoms with E-state index >= 15 is 0 Å². The number of thiocarbonyl (C=S) groups is 1. The van der Waals surface area contributed by atoms with Crippen LogP contribution in [0, 0.1) is 0 Å². The number of rotatable bonds is 5. The Kier molecular flexibility index (Phi) is 5.30. The van der Waals surface area contributed by atoms with Crippen molar-refractivity contribution in [1.82, 2.24) is 10.6 Å². The zero-order valence-electron chi connectivity index (χ0n) is 15.7. The molecule has 2 aromatic carbocycles. The van der Waals surface area contributed by atoms with Gasteiger partial charge in [0.25, 0.3) is 0 Å². The fourth-order valence-electron chi connectivity index (χ4n) is 3.74. The van der Waals surface area contributed by atoms with Gasteiger partial charge in [0.05, 0.1) is 13.2 Å². The van der Waals surface area contributed by atoms with Crippen LogP contribution in [0.25, 0.3) is 0 Å². The number of ether oxygens (including phenoxy) is 2. The molecule has 1 aliphatic heterocycles. The summed E-state index contributed by atoms with van der Waals surface area (Å²) in [5.74, 6) is 1.40. The molecule has 28 heavy (non-hydrogen) atoms. The van der Waals surface area contributed by atoms with Crippen molar-refractivity contribution < 1.29 is 14.3 Å². The Bertz CT molecular complexity index is 940. The van der Waals surface area contributed by atoms with E-state index < -0.39 is 0 Å². The summed E-state index contributed by atoms with van der Waals surface area (Å²) in [7, 11) is 1.62. The minimum Gasteiger partial charge on any atom is -0.493 e. The van der Waals surface area contributed by atoms with Crippen LogP contribution in [0.2, 0.25) is 0 Å². The number of carbonyl (C=O) groups excluding carboxylic acids is 1. The van der Waals surface area contributed by atoms with Gasteiger partial charge >= 0.3 is 0 Å². The molecule has 0 bridgehead atoms. The van der Waals surface area contributed by atoms with E-state index in [4.69, 9.17) is 21.7 Å². The van der Waals surface area contributed by atoms with Gasteiger partial charge in [-0.05, 0) is 36.7 Å². The third kappa shape index (κ3) is 3.60. The van der Waals surface area contributed by atoms with E-state index in [0.717, 1.165) is 35.2 Å². The number of hydrogen-bond donors (Lipinski definition) is 2. The first-order chi connectivity index (χ1) is 13.7. The molecule has 0 radical (unpaired) electrons. The first-order valence-electron chi connectivity index (χ1n) is 9.34. The lowest BCUT2D eigenvalue weighted by Crippen LogP contribution is -2.46. The molecule has 6 heteroatoms. The van der Waals surface area contributed by atoms with Crippen LogP contribution >= 0.6 is 12.2 Å². The summed E-state index contributed by atoms with van der Waals surface area (Å²) in [4.78, 5) is 12.7. The average molecular weight is 394 g/mol. The number of benzene rings is 2. The molecule has 2 aromatic rings. The molecular weight excluding hydrogens is 372 g/mol. The van der Waals surface area contributed by atoms with Crippen LogP contribution in [-0.2, 0) is 11.4 Å². The number of carbonyl (C=O) groups is 1. The summed E-state index contributed by atoms with van der Waals surface area (Å²) in [5.41, 5.74) is 3.57. The molecular formula is C22H22N2O3S. The van der Waals surface area contributed by atoms with E-state index in [1.165, 1.54) is 0 Å². The first kappa shape index (κ1) is 18.5. The van der Waals surface area contributed by atoms with Crippen molar-refractivity contribution in [1.29, 1.82) is 0 Å². The van der Waals surface area contributed by atoms with Gasteiger partial charge in [-0.3, -0.25) is 4.79 Å². The number of allylic oxidation sites excluding steroid dienone is 1. The molecule has 4 rings (SSSR count). The standard InChI is InChI=1S/C22H22N2O3S/c1-26-18-12-5-9-15(21(18)27-13-14-7-3-2-4-8-14)20-19-16(23-22(28)24-20)10-6-11-17(19)25/h2-5,7-9,12,20H,6,10-11,13H2,1H3,(H2,23,24,28). The van der Waals surface area contributed by atoms with Gasteiger partial charge in [0.1, 0.15) is 6.61 Å². The average Bonchev–Trinajstić information content (AvgIpc) is 2.72. The molecule has 144 valence electrons. The SMILES string of the molecule is COc1cccc(C2NC(=S)NC3=C2C(=O)CCC3)c1OCc1ccccc1. The molecule has 1 aliphatic carbocycles. The van der Waals surface area contributed by atoms with Crippen molar-refractivity contribution in [2.24, 2.45) is 0 Å². The molecule has 0 aromatic heterocycles. The summed E-state index contributed by atoms with van der Waals surface area (Å²) in [6.07, 6.45) is 2.22. The van der Waals surface area contributed by atoms with Crippen molar-refractivity contribution in [3.63, 3.8) is 0 Å². The predicted octanol–water partition coefficient (Wildman–Crippen LogP) is 3.80. The fraction of sp³-hybridized carbons (Fsp3) is 0.273. The smallest absolute Gasteiger partial charge is 0.171 e. The minimum atomic E-state index is -0.350. The van der Waals surface area contributed by atoms with E-state index in [0.29, 0.717) is 29.6 Å². The number of nitrogens with one attached hydrogen (secondary N) is 2. The predicted molar refractivity (Wildman–Crippen MR) is 111 cm³/mol. The van der Waals surface area contributed by atoms with Gasteiger partial charge in [-0.1, -0.05) is 42.5 Å². The molecule has 0 amide bonds. The van der Waals surface area contributed by atoms with E-state index in [1.54, 1.807) is 7.11 Å². The Morgan fingerprint density at radius 3 is 2.71 bits per heavy atom. The van der Waals surface area contributed by atoms with E-state index in [-0.39, 0.29) is 11.8 Å². The maximum absolute atomic E-state index is 12.7. The molecule has 1 unspecified atom stereocenters. The summed E-state index contributed by atoms with van der Waals surface area (Å²) in [6, 6.07) is 15.3. The van der Waals surface area contributed by atoms with E-state index in [9.17, 15) is 4.79 Å². The summed E-state index contributed by atoms with van der Waals surface area (Å²) < 4.78 is 11.7. The van der Waals surface area contributed by atoms with Crippen molar-refractivity contribution in [2.75, 3.05) is 7.11 Å². The van der Waals surface area contributed by atoms with Crippen LogP contribution in [0.5, 0.6) is 11.5 Å². The Morgan fingerprint density at radius 1 is 1.11 bits per heavy atom. The minimum absolute atomic E-state index is 0.144. The topological polar surface area (TPSA) is 59.6 Å². The second-order valence-electron chi connectivity index (χ2n) is 6.85. The molecule has 0 saturated heterocycles. The zero-order valence-corrected chi connectivity index (χ0v) is 16.5. The van der Waals surface area contributed by atoms with Gasteiger partial charge in [0.2, 0.25) is 0 Å². The Morgan fingerprint density at radius 2 is 1.93 bits per heavy atom. The first-order valence-corrected chi connectivity index (χ1v) is 9.75. The van der Waals surface area contributed by atoms with Crippen LogP contribution in [0.15, 0.2) is 59.8 Å². The molecule has 0 saturated carbocycles. The van der Waals surface area contributed by atoms with Gasteiger partial charge in [-0.2, -0.15) is 0 Å². The summed E-state index contributed by atoms with van der Waals surface area (Å²) in [5, 5.41) is 6.94. The number of ketones is 1. The third-order valence-electron chi connectivity index (χ3n) is 5.05. The largest absolute Gasteiger partial charge is 0.493 e. The molecule has 2 aliphatic rings. The molecule has 1 atom stereocenters. The molecule has 5 nitrogen and oxygen atoms in total. The van der Waals surface area contributed by atoms with Gasteiger partial charge in [-0.15, -0.1) is 0 Å². The fourth-order valence-corrected chi connectivity index (χ4v) is 3.98.